The largest absolute Gasteiger partial charge is 0.508 e. The van der Waals surface area contributed by atoms with E-state index in [4.69, 9.17) is 5.11 Å². The fourth-order valence-corrected chi connectivity index (χ4v) is 1.15. The van der Waals surface area contributed by atoms with E-state index in [0.29, 0.717) is 6.07 Å². The minimum absolute atomic E-state index is 0.118. The van der Waals surface area contributed by atoms with Crippen molar-refractivity contribution in [1.29, 1.82) is 0 Å². The first-order chi connectivity index (χ1) is 6.06. The summed E-state index contributed by atoms with van der Waals surface area (Å²) in [5.41, 5.74) is -0.450. The Labute approximate surface area is 81.3 Å². The number of rotatable bonds is 2. The fraction of sp³-hybridized carbons (Fsp3) is 0.125. The van der Waals surface area contributed by atoms with Crippen LogP contribution in [0, 0.1) is 11.6 Å². The highest BCUT2D eigenvalue weighted by molar-refractivity contribution is 9.09. The van der Waals surface area contributed by atoms with Crippen molar-refractivity contribution in [2.45, 2.75) is 0 Å². The van der Waals surface area contributed by atoms with E-state index >= 15 is 0 Å². The van der Waals surface area contributed by atoms with E-state index in [-0.39, 0.29) is 5.33 Å². The number of hydrogen-bond acceptors (Lipinski definition) is 2. The summed E-state index contributed by atoms with van der Waals surface area (Å²) in [5, 5.41) is 8.77. The second kappa shape index (κ2) is 3.83. The minimum Gasteiger partial charge on any atom is -0.508 e. The number of Topliss-reactive ketones (excluding diaryl/α,β-unsaturated/α-hetero) is 1. The van der Waals surface area contributed by atoms with Crippen LogP contribution in [0.1, 0.15) is 10.4 Å². The Hall–Kier alpha value is -0.970. The van der Waals surface area contributed by atoms with Crippen molar-refractivity contribution >= 4 is 21.7 Å². The third-order valence-electron chi connectivity index (χ3n) is 1.43. The molecular weight excluding hydrogens is 246 g/mol. The smallest absolute Gasteiger partial charge is 0.176 e. The maximum absolute atomic E-state index is 12.9. The Kier molecular flexibility index (Phi) is 2.98. The van der Waals surface area contributed by atoms with Gasteiger partial charge in [0.05, 0.1) is 10.9 Å². The van der Waals surface area contributed by atoms with Gasteiger partial charge in [0.1, 0.15) is 5.75 Å². The zero-order valence-electron chi connectivity index (χ0n) is 6.35. The molecule has 0 aliphatic carbocycles. The first kappa shape index (κ1) is 10.1. The number of aromatic hydroxyl groups is 1. The molecule has 5 heteroatoms. The molecule has 1 rings (SSSR count). The van der Waals surface area contributed by atoms with Crippen LogP contribution >= 0.6 is 15.9 Å². The summed E-state index contributed by atoms with van der Waals surface area (Å²) in [6.45, 7) is 0. The highest BCUT2D eigenvalue weighted by Gasteiger charge is 2.15. The average Bonchev–Trinajstić information content (AvgIpc) is 2.10. The number of phenolic OH excluding ortho intramolecular Hbond substituents is 1. The SMILES string of the molecule is O=C(CBr)c1cc(O)cc(F)c1F. The molecule has 0 aliphatic heterocycles. The second-order valence-corrected chi connectivity index (χ2v) is 2.91. The molecular formula is C8H5BrF2O2. The van der Waals surface area contributed by atoms with E-state index in [2.05, 4.69) is 15.9 Å². The van der Waals surface area contributed by atoms with Gasteiger partial charge in [-0.2, -0.15) is 0 Å². The molecule has 0 fully saturated rings. The Balaban J connectivity index is 3.28. The number of hydrogen-bond donors (Lipinski definition) is 1. The molecule has 1 aromatic carbocycles. The summed E-state index contributed by atoms with van der Waals surface area (Å²) in [4.78, 5) is 11.0. The van der Waals surface area contributed by atoms with E-state index in [1.54, 1.807) is 0 Å². The van der Waals surface area contributed by atoms with Gasteiger partial charge in [-0.3, -0.25) is 4.79 Å². The minimum atomic E-state index is -1.23. The lowest BCUT2D eigenvalue weighted by atomic mass is 10.1. The molecule has 0 amide bonds. The predicted octanol–water partition coefficient (Wildman–Crippen LogP) is 2.25. The van der Waals surface area contributed by atoms with Crippen molar-refractivity contribution in [3.63, 3.8) is 0 Å². The molecule has 70 valence electrons. The van der Waals surface area contributed by atoms with Crippen molar-refractivity contribution in [3.8, 4) is 5.75 Å². The van der Waals surface area contributed by atoms with Crippen LogP contribution in [0.2, 0.25) is 0 Å². The molecule has 0 bridgehead atoms. The van der Waals surface area contributed by atoms with Crippen LogP contribution < -0.4 is 0 Å². The van der Waals surface area contributed by atoms with Crippen molar-refractivity contribution < 1.29 is 18.7 Å². The molecule has 0 radical (unpaired) electrons. The third-order valence-corrected chi connectivity index (χ3v) is 1.94. The summed E-state index contributed by atoms with van der Waals surface area (Å²) in [6, 6.07) is 1.50. The Morgan fingerprint density at radius 3 is 2.62 bits per heavy atom. The van der Waals surface area contributed by atoms with Crippen LogP contribution in [0.3, 0.4) is 0 Å². The zero-order chi connectivity index (χ0) is 10.0. The average molecular weight is 251 g/mol. The molecule has 0 aliphatic rings. The maximum atomic E-state index is 12.9. The van der Waals surface area contributed by atoms with Crippen molar-refractivity contribution in [2.24, 2.45) is 0 Å². The first-order valence-corrected chi connectivity index (χ1v) is 4.45. The molecule has 1 N–H and O–H groups in total. The van der Waals surface area contributed by atoms with Crippen molar-refractivity contribution in [2.75, 3.05) is 5.33 Å². The molecule has 0 saturated heterocycles. The van der Waals surface area contributed by atoms with Crippen molar-refractivity contribution in [1.82, 2.24) is 0 Å². The topological polar surface area (TPSA) is 37.3 Å². The van der Waals surface area contributed by atoms with Crippen LogP contribution in [0.25, 0.3) is 0 Å². The molecule has 0 saturated carbocycles. The van der Waals surface area contributed by atoms with Gasteiger partial charge < -0.3 is 5.11 Å². The molecule has 2 nitrogen and oxygen atoms in total. The molecule has 13 heavy (non-hydrogen) atoms. The van der Waals surface area contributed by atoms with E-state index in [9.17, 15) is 13.6 Å². The number of carbonyl (C=O) groups is 1. The van der Waals surface area contributed by atoms with Gasteiger partial charge in [0.25, 0.3) is 0 Å². The van der Waals surface area contributed by atoms with E-state index in [1.165, 1.54) is 0 Å². The van der Waals surface area contributed by atoms with Crippen LogP contribution in [0.4, 0.5) is 8.78 Å². The highest BCUT2D eigenvalue weighted by atomic mass is 79.9. The van der Waals surface area contributed by atoms with E-state index < -0.39 is 28.7 Å². The summed E-state index contributed by atoms with van der Waals surface area (Å²) in [6.07, 6.45) is 0. The second-order valence-electron chi connectivity index (χ2n) is 2.35. The molecule has 0 unspecified atom stereocenters. The maximum Gasteiger partial charge on any atom is 0.176 e. The Morgan fingerprint density at radius 1 is 1.46 bits per heavy atom. The summed E-state index contributed by atoms with van der Waals surface area (Å²) in [5.74, 6) is -3.55. The quantitative estimate of drug-likeness (QED) is 0.646. The van der Waals surface area contributed by atoms with Gasteiger partial charge in [0.2, 0.25) is 0 Å². The van der Waals surface area contributed by atoms with Crippen LogP contribution in [-0.2, 0) is 0 Å². The lowest BCUT2D eigenvalue weighted by molar-refractivity contribution is 0.101. The molecule has 0 aromatic heterocycles. The van der Waals surface area contributed by atoms with Crippen LogP contribution in [0.5, 0.6) is 5.75 Å². The van der Waals surface area contributed by atoms with Gasteiger partial charge >= 0.3 is 0 Å². The Morgan fingerprint density at radius 2 is 2.08 bits per heavy atom. The monoisotopic (exact) mass is 250 g/mol. The standard InChI is InChI=1S/C8H5BrF2O2/c9-3-7(13)5-1-4(12)2-6(10)8(5)11/h1-2,12H,3H2. The molecule has 0 spiro atoms. The van der Waals surface area contributed by atoms with Gasteiger partial charge in [-0.1, -0.05) is 15.9 Å². The molecule has 0 heterocycles. The summed E-state index contributed by atoms with van der Waals surface area (Å²) in [7, 11) is 0. The third kappa shape index (κ3) is 2.03. The van der Waals surface area contributed by atoms with Gasteiger partial charge in [0, 0.05) is 6.07 Å². The van der Waals surface area contributed by atoms with Gasteiger partial charge in [-0.05, 0) is 6.07 Å². The van der Waals surface area contributed by atoms with Crippen molar-refractivity contribution in [3.05, 3.63) is 29.3 Å². The lowest BCUT2D eigenvalue weighted by Crippen LogP contribution is -2.04. The molecule has 0 atom stereocenters. The van der Waals surface area contributed by atoms with E-state index in [0.717, 1.165) is 6.07 Å². The van der Waals surface area contributed by atoms with Gasteiger partial charge in [0.15, 0.2) is 17.4 Å². The number of benzene rings is 1. The van der Waals surface area contributed by atoms with E-state index in [1.807, 2.05) is 0 Å². The zero-order valence-corrected chi connectivity index (χ0v) is 7.94. The number of phenols is 1. The van der Waals surface area contributed by atoms with Crippen LogP contribution in [-0.4, -0.2) is 16.2 Å². The number of ketones is 1. The summed E-state index contributed by atoms with van der Waals surface area (Å²) < 4.78 is 25.5. The normalized spacial score (nSPS) is 10.1. The first-order valence-electron chi connectivity index (χ1n) is 3.33. The number of carbonyl (C=O) groups excluding carboxylic acids is 1. The lowest BCUT2D eigenvalue weighted by Gasteiger charge is -2.01. The van der Waals surface area contributed by atoms with Gasteiger partial charge in [-0.25, -0.2) is 8.78 Å². The number of halogens is 3. The van der Waals surface area contributed by atoms with Gasteiger partial charge in [-0.15, -0.1) is 0 Å². The fourth-order valence-electron chi connectivity index (χ4n) is 0.850. The Bertz CT molecular complexity index is 352. The predicted molar refractivity (Wildman–Crippen MR) is 46.1 cm³/mol. The number of alkyl halides is 1. The molecule has 1 aromatic rings. The van der Waals surface area contributed by atoms with Crippen LogP contribution in [0.15, 0.2) is 12.1 Å². The summed E-state index contributed by atoms with van der Waals surface area (Å²) >= 11 is 2.81. The highest BCUT2D eigenvalue weighted by Crippen LogP contribution is 2.20.